The minimum atomic E-state index is -0.319. The standard InChI is InChI=1S/C22H27N3O2/c26-22(24-15-17-7-8-18-4-1-2-5-19(18)14-17)21(20-6-3-9-23-16-20)25-10-12-27-13-11-25/h3,6-9,14,16,21H,1-2,4-5,10-13,15H2,(H,24,26)/t21-/m0/s1. The van der Waals surface area contributed by atoms with E-state index >= 15 is 0 Å². The molecule has 1 fully saturated rings. The van der Waals surface area contributed by atoms with Crippen LogP contribution in [0.2, 0.25) is 0 Å². The number of nitrogens with one attached hydrogen (secondary N) is 1. The molecule has 1 aliphatic carbocycles. The van der Waals surface area contributed by atoms with E-state index in [0.717, 1.165) is 25.1 Å². The van der Waals surface area contributed by atoms with Gasteiger partial charge in [0.15, 0.2) is 0 Å². The first-order valence-electron chi connectivity index (χ1n) is 9.91. The molecule has 1 aromatic carbocycles. The lowest BCUT2D eigenvalue weighted by molar-refractivity contribution is -0.128. The lowest BCUT2D eigenvalue weighted by atomic mass is 9.90. The van der Waals surface area contributed by atoms with E-state index in [2.05, 4.69) is 33.4 Å². The number of aryl methyl sites for hydroxylation is 2. The SMILES string of the molecule is O=C(NCc1ccc2c(c1)CCCC2)[C@H](c1cccnc1)N1CCOCC1. The molecule has 0 unspecified atom stereocenters. The number of pyridine rings is 1. The molecule has 2 aliphatic rings. The smallest absolute Gasteiger partial charge is 0.242 e. The molecule has 142 valence electrons. The number of amides is 1. The van der Waals surface area contributed by atoms with Gasteiger partial charge in [-0.3, -0.25) is 14.7 Å². The van der Waals surface area contributed by atoms with E-state index in [0.29, 0.717) is 19.8 Å². The van der Waals surface area contributed by atoms with Crippen molar-refractivity contribution in [3.05, 3.63) is 65.0 Å². The molecule has 0 radical (unpaired) electrons. The number of nitrogens with zero attached hydrogens (tertiary/aromatic N) is 2. The van der Waals surface area contributed by atoms with E-state index in [1.54, 1.807) is 12.4 Å². The van der Waals surface area contributed by atoms with Crippen LogP contribution in [-0.2, 0) is 28.9 Å². The first-order chi connectivity index (χ1) is 13.3. The van der Waals surface area contributed by atoms with E-state index in [4.69, 9.17) is 4.74 Å². The lowest BCUT2D eigenvalue weighted by Crippen LogP contribution is -2.45. The number of rotatable bonds is 5. The maximum absolute atomic E-state index is 13.1. The summed E-state index contributed by atoms with van der Waals surface area (Å²) in [6.45, 7) is 3.40. The summed E-state index contributed by atoms with van der Waals surface area (Å²) in [7, 11) is 0. The van der Waals surface area contributed by atoms with Crippen LogP contribution in [0.15, 0.2) is 42.7 Å². The fraction of sp³-hybridized carbons (Fsp3) is 0.455. The predicted octanol–water partition coefficient (Wildman–Crippen LogP) is 2.65. The van der Waals surface area contributed by atoms with Gasteiger partial charge in [0.1, 0.15) is 6.04 Å². The highest BCUT2D eigenvalue weighted by Gasteiger charge is 2.29. The number of fused-ring (bicyclic) bond motifs is 1. The highest BCUT2D eigenvalue weighted by Crippen LogP contribution is 2.24. The Morgan fingerprint density at radius 2 is 1.96 bits per heavy atom. The molecule has 1 amide bonds. The molecule has 2 aromatic rings. The van der Waals surface area contributed by atoms with Crippen LogP contribution in [0.5, 0.6) is 0 Å². The fourth-order valence-corrected chi connectivity index (χ4v) is 4.08. The Hall–Kier alpha value is -2.24. The number of carbonyl (C=O) groups excluding carboxylic acids is 1. The van der Waals surface area contributed by atoms with E-state index in [-0.39, 0.29) is 11.9 Å². The Morgan fingerprint density at radius 1 is 1.15 bits per heavy atom. The van der Waals surface area contributed by atoms with Gasteiger partial charge in [0.25, 0.3) is 0 Å². The van der Waals surface area contributed by atoms with E-state index in [1.807, 2.05) is 12.1 Å². The van der Waals surface area contributed by atoms with Crippen molar-refractivity contribution >= 4 is 5.91 Å². The summed E-state index contributed by atoms with van der Waals surface area (Å²) in [6, 6.07) is 10.2. The first-order valence-corrected chi connectivity index (χ1v) is 9.91. The highest BCUT2D eigenvalue weighted by atomic mass is 16.5. The van der Waals surface area contributed by atoms with E-state index in [1.165, 1.54) is 36.0 Å². The third-order valence-electron chi connectivity index (χ3n) is 5.54. The summed E-state index contributed by atoms with van der Waals surface area (Å²) in [6.07, 6.45) is 8.42. The summed E-state index contributed by atoms with van der Waals surface area (Å²) in [5.74, 6) is 0.0302. The third-order valence-corrected chi connectivity index (χ3v) is 5.54. The predicted molar refractivity (Wildman–Crippen MR) is 104 cm³/mol. The molecule has 0 saturated carbocycles. The van der Waals surface area contributed by atoms with Crippen LogP contribution in [0.4, 0.5) is 0 Å². The molecular weight excluding hydrogens is 338 g/mol. The Bertz CT molecular complexity index is 772. The number of morpholine rings is 1. The summed E-state index contributed by atoms with van der Waals surface area (Å²) in [5, 5.41) is 3.15. The molecule has 0 spiro atoms. The molecule has 1 aromatic heterocycles. The molecule has 4 rings (SSSR count). The van der Waals surface area contributed by atoms with Gasteiger partial charge in [-0.05, 0) is 54.0 Å². The number of ether oxygens (including phenoxy) is 1. The van der Waals surface area contributed by atoms with Gasteiger partial charge >= 0.3 is 0 Å². The highest BCUT2D eigenvalue weighted by molar-refractivity contribution is 5.83. The second kappa shape index (κ2) is 8.63. The Kier molecular flexibility index (Phi) is 5.80. The van der Waals surface area contributed by atoms with Crippen LogP contribution in [0.25, 0.3) is 0 Å². The Balaban J connectivity index is 1.46. The minimum Gasteiger partial charge on any atom is -0.379 e. The van der Waals surface area contributed by atoms with Crippen molar-refractivity contribution in [3.63, 3.8) is 0 Å². The number of benzene rings is 1. The van der Waals surface area contributed by atoms with Gasteiger partial charge in [0.2, 0.25) is 5.91 Å². The van der Waals surface area contributed by atoms with Crippen molar-refractivity contribution < 1.29 is 9.53 Å². The number of hydrogen-bond acceptors (Lipinski definition) is 4. The largest absolute Gasteiger partial charge is 0.379 e. The molecule has 1 N–H and O–H groups in total. The normalized spacial score (nSPS) is 18.5. The number of aromatic nitrogens is 1. The second-order valence-corrected chi connectivity index (χ2v) is 7.37. The van der Waals surface area contributed by atoms with Gasteiger partial charge in [-0.25, -0.2) is 0 Å². The third kappa shape index (κ3) is 4.37. The summed E-state index contributed by atoms with van der Waals surface area (Å²) < 4.78 is 5.46. The molecule has 5 heteroatoms. The summed E-state index contributed by atoms with van der Waals surface area (Å²) in [5.41, 5.74) is 5.03. The van der Waals surface area contributed by atoms with Gasteiger partial charge in [-0.2, -0.15) is 0 Å². The number of hydrogen-bond donors (Lipinski definition) is 1. The van der Waals surface area contributed by atoms with E-state index in [9.17, 15) is 4.79 Å². The van der Waals surface area contributed by atoms with Crippen LogP contribution in [0.1, 0.15) is 41.1 Å². The van der Waals surface area contributed by atoms with Crippen LogP contribution >= 0.6 is 0 Å². The molecular formula is C22H27N3O2. The molecule has 5 nitrogen and oxygen atoms in total. The molecule has 1 atom stereocenters. The van der Waals surface area contributed by atoms with Gasteiger partial charge < -0.3 is 10.1 Å². The van der Waals surface area contributed by atoms with Crippen molar-refractivity contribution in [2.24, 2.45) is 0 Å². The number of carbonyl (C=O) groups is 1. The van der Waals surface area contributed by atoms with Crippen molar-refractivity contribution in [1.82, 2.24) is 15.2 Å². The fourth-order valence-electron chi connectivity index (χ4n) is 4.08. The van der Waals surface area contributed by atoms with Crippen molar-refractivity contribution in [1.29, 1.82) is 0 Å². The zero-order valence-electron chi connectivity index (χ0n) is 15.7. The Morgan fingerprint density at radius 3 is 2.74 bits per heavy atom. The van der Waals surface area contributed by atoms with Gasteiger partial charge in [0.05, 0.1) is 13.2 Å². The first kappa shape index (κ1) is 18.1. The molecule has 1 saturated heterocycles. The minimum absolute atomic E-state index is 0.0302. The van der Waals surface area contributed by atoms with E-state index < -0.39 is 0 Å². The Labute approximate surface area is 160 Å². The maximum atomic E-state index is 13.1. The zero-order valence-corrected chi connectivity index (χ0v) is 15.7. The summed E-state index contributed by atoms with van der Waals surface area (Å²) >= 11 is 0. The van der Waals surface area contributed by atoms with Gasteiger partial charge in [0, 0.05) is 32.0 Å². The maximum Gasteiger partial charge on any atom is 0.242 e. The molecule has 1 aliphatic heterocycles. The molecule has 2 heterocycles. The van der Waals surface area contributed by atoms with Crippen LogP contribution in [0, 0.1) is 0 Å². The van der Waals surface area contributed by atoms with Gasteiger partial charge in [-0.15, -0.1) is 0 Å². The molecule has 0 bridgehead atoms. The average molecular weight is 365 g/mol. The van der Waals surface area contributed by atoms with Gasteiger partial charge in [-0.1, -0.05) is 24.3 Å². The monoisotopic (exact) mass is 365 g/mol. The molecule has 27 heavy (non-hydrogen) atoms. The van der Waals surface area contributed by atoms with Crippen molar-refractivity contribution in [2.75, 3.05) is 26.3 Å². The zero-order chi connectivity index (χ0) is 18.5. The quantitative estimate of drug-likeness (QED) is 0.885. The topological polar surface area (TPSA) is 54.5 Å². The lowest BCUT2D eigenvalue weighted by Gasteiger charge is -2.33. The van der Waals surface area contributed by atoms with Crippen LogP contribution < -0.4 is 5.32 Å². The van der Waals surface area contributed by atoms with Crippen LogP contribution in [0.3, 0.4) is 0 Å². The van der Waals surface area contributed by atoms with Crippen molar-refractivity contribution in [3.8, 4) is 0 Å². The summed E-state index contributed by atoms with van der Waals surface area (Å²) in [4.78, 5) is 19.5. The second-order valence-electron chi connectivity index (χ2n) is 7.37. The van der Waals surface area contributed by atoms with Crippen molar-refractivity contribution in [2.45, 2.75) is 38.3 Å². The van der Waals surface area contributed by atoms with Crippen LogP contribution in [-0.4, -0.2) is 42.1 Å². The average Bonchev–Trinajstić information content (AvgIpc) is 2.74.